The minimum Gasteiger partial charge on any atom is -0.497 e. The van der Waals surface area contributed by atoms with Gasteiger partial charge in [0.2, 0.25) is 5.91 Å². The highest BCUT2D eigenvalue weighted by molar-refractivity contribution is 5.84. The van der Waals surface area contributed by atoms with E-state index in [4.69, 9.17) is 15.5 Å². The minimum atomic E-state index is -0.197. The number of methoxy groups -OCH3 is 1. The van der Waals surface area contributed by atoms with Gasteiger partial charge in [-0.15, -0.1) is 0 Å². The maximum absolute atomic E-state index is 11.7. The van der Waals surface area contributed by atoms with Crippen LogP contribution in [0.5, 0.6) is 5.75 Å². The van der Waals surface area contributed by atoms with Crippen molar-refractivity contribution in [3.63, 3.8) is 0 Å². The Bertz CT molecular complexity index is 1030. The van der Waals surface area contributed by atoms with E-state index in [1.807, 2.05) is 12.1 Å². The zero-order chi connectivity index (χ0) is 20.4. The van der Waals surface area contributed by atoms with E-state index in [-0.39, 0.29) is 11.8 Å². The fourth-order valence-electron chi connectivity index (χ4n) is 4.11. The molecule has 2 N–H and O–H groups in total. The highest BCUT2D eigenvalue weighted by Gasteiger charge is 2.25. The quantitative estimate of drug-likeness (QED) is 0.718. The van der Waals surface area contributed by atoms with Gasteiger partial charge in [-0.25, -0.2) is 4.98 Å². The smallest absolute Gasteiger partial charge is 0.221 e. The highest BCUT2D eigenvalue weighted by atomic mass is 16.5. The molecule has 0 radical (unpaired) electrons. The number of nitrogens with two attached hydrogens (primary N) is 1. The summed E-state index contributed by atoms with van der Waals surface area (Å²) in [7, 11) is 1.67. The van der Waals surface area contributed by atoms with E-state index in [2.05, 4.69) is 48.2 Å². The third-order valence-electron chi connectivity index (χ3n) is 5.72. The Labute approximate surface area is 171 Å². The molecule has 1 atom stereocenters. The minimum absolute atomic E-state index is 0.0655. The predicted octanol–water partition coefficient (Wildman–Crippen LogP) is 3.92. The van der Waals surface area contributed by atoms with Gasteiger partial charge in [-0.05, 0) is 73.8 Å². The number of aryl methyl sites for hydroxylation is 1. The van der Waals surface area contributed by atoms with Crippen molar-refractivity contribution in [2.75, 3.05) is 20.2 Å². The third-order valence-corrected chi connectivity index (χ3v) is 5.72. The molecule has 1 fully saturated rings. The van der Waals surface area contributed by atoms with Gasteiger partial charge in [0.1, 0.15) is 5.75 Å². The van der Waals surface area contributed by atoms with Crippen molar-refractivity contribution in [1.29, 1.82) is 0 Å². The zero-order valence-electron chi connectivity index (χ0n) is 17.0. The van der Waals surface area contributed by atoms with Crippen LogP contribution in [0.25, 0.3) is 22.2 Å². The van der Waals surface area contributed by atoms with Crippen molar-refractivity contribution in [1.82, 2.24) is 9.88 Å². The SMILES string of the molecule is COc1ccc(-c2nc3cc(C)ccc3cc2CN2CCC[C@@H](C(N)=O)C2)cc1. The average molecular weight is 389 g/mol. The summed E-state index contributed by atoms with van der Waals surface area (Å²) in [5.74, 6) is 0.564. The zero-order valence-corrected chi connectivity index (χ0v) is 17.0. The second-order valence-corrected chi connectivity index (χ2v) is 7.90. The van der Waals surface area contributed by atoms with Gasteiger partial charge in [-0.2, -0.15) is 0 Å². The molecule has 0 saturated carbocycles. The summed E-state index contributed by atoms with van der Waals surface area (Å²) < 4.78 is 5.30. The molecule has 150 valence electrons. The van der Waals surface area contributed by atoms with E-state index in [1.165, 1.54) is 5.56 Å². The van der Waals surface area contributed by atoms with Crippen LogP contribution in [0.4, 0.5) is 0 Å². The molecule has 0 spiro atoms. The summed E-state index contributed by atoms with van der Waals surface area (Å²) in [6, 6.07) is 16.6. The van der Waals surface area contributed by atoms with Crippen LogP contribution in [0.1, 0.15) is 24.0 Å². The van der Waals surface area contributed by atoms with Crippen LogP contribution in [0.3, 0.4) is 0 Å². The summed E-state index contributed by atoms with van der Waals surface area (Å²) in [5.41, 5.74) is 11.0. The molecule has 1 aromatic heterocycles. The van der Waals surface area contributed by atoms with Crippen LogP contribution in [0, 0.1) is 12.8 Å². The van der Waals surface area contributed by atoms with Crippen molar-refractivity contribution in [2.45, 2.75) is 26.3 Å². The van der Waals surface area contributed by atoms with Crippen molar-refractivity contribution in [3.8, 4) is 17.0 Å². The Morgan fingerprint density at radius 1 is 1.21 bits per heavy atom. The number of pyridine rings is 1. The molecule has 1 aliphatic heterocycles. The second-order valence-electron chi connectivity index (χ2n) is 7.90. The lowest BCUT2D eigenvalue weighted by Gasteiger charge is -2.31. The van der Waals surface area contributed by atoms with Gasteiger partial charge in [0.25, 0.3) is 0 Å². The van der Waals surface area contributed by atoms with Crippen molar-refractivity contribution in [3.05, 3.63) is 59.7 Å². The number of hydrogen-bond donors (Lipinski definition) is 1. The number of carbonyl (C=O) groups is 1. The van der Waals surface area contributed by atoms with Crippen LogP contribution in [-0.4, -0.2) is 36.0 Å². The highest BCUT2D eigenvalue weighted by Crippen LogP contribution is 2.30. The number of ether oxygens (including phenoxy) is 1. The van der Waals surface area contributed by atoms with E-state index < -0.39 is 0 Å². The first-order chi connectivity index (χ1) is 14.0. The first-order valence-corrected chi connectivity index (χ1v) is 10.1. The van der Waals surface area contributed by atoms with Gasteiger partial charge in [-0.3, -0.25) is 9.69 Å². The average Bonchev–Trinajstić information content (AvgIpc) is 2.74. The number of nitrogens with zero attached hydrogens (tertiary/aromatic N) is 2. The Hall–Kier alpha value is -2.92. The molecule has 0 unspecified atom stereocenters. The lowest BCUT2D eigenvalue weighted by molar-refractivity contribution is -0.123. The van der Waals surface area contributed by atoms with Crippen LogP contribution in [0.2, 0.25) is 0 Å². The number of benzene rings is 2. The van der Waals surface area contributed by atoms with Crippen LogP contribution >= 0.6 is 0 Å². The molecule has 3 aromatic rings. The van der Waals surface area contributed by atoms with Crippen LogP contribution in [0.15, 0.2) is 48.5 Å². The standard InChI is InChI=1S/C24H27N3O2/c1-16-5-6-18-13-20(15-27-11-3-4-19(14-27)24(25)28)23(26-22(18)12-16)17-7-9-21(29-2)10-8-17/h5-10,12-13,19H,3-4,11,14-15H2,1-2H3,(H2,25,28)/t19-/m1/s1. The van der Waals surface area contributed by atoms with Gasteiger partial charge in [-0.1, -0.05) is 12.1 Å². The number of carbonyl (C=O) groups excluding carboxylic acids is 1. The Morgan fingerprint density at radius 2 is 2.00 bits per heavy atom. The molecule has 1 amide bonds. The number of likely N-dealkylation sites (tertiary alicyclic amines) is 1. The lowest BCUT2D eigenvalue weighted by atomic mass is 9.96. The lowest BCUT2D eigenvalue weighted by Crippen LogP contribution is -2.40. The monoisotopic (exact) mass is 389 g/mol. The Morgan fingerprint density at radius 3 is 2.72 bits per heavy atom. The number of amides is 1. The molecule has 4 rings (SSSR count). The number of primary amides is 1. The van der Waals surface area contributed by atoms with Gasteiger partial charge in [0.05, 0.1) is 24.2 Å². The largest absolute Gasteiger partial charge is 0.497 e. The number of rotatable bonds is 5. The van der Waals surface area contributed by atoms with Gasteiger partial charge >= 0.3 is 0 Å². The molecule has 0 aliphatic carbocycles. The maximum Gasteiger partial charge on any atom is 0.221 e. The van der Waals surface area contributed by atoms with Crippen LogP contribution < -0.4 is 10.5 Å². The third kappa shape index (κ3) is 4.25. The van der Waals surface area contributed by atoms with E-state index in [1.54, 1.807) is 7.11 Å². The molecule has 5 heteroatoms. The number of aromatic nitrogens is 1. The molecular weight excluding hydrogens is 362 g/mol. The fourth-order valence-corrected chi connectivity index (χ4v) is 4.11. The first kappa shape index (κ1) is 19.4. The fraction of sp³-hybridized carbons (Fsp3) is 0.333. The molecule has 2 aromatic carbocycles. The topological polar surface area (TPSA) is 68.4 Å². The van der Waals surface area contributed by atoms with Crippen molar-refractivity contribution < 1.29 is 9.53 Å². The van der Waals surface area contributed by atoms with Gasteiger partial charge < -0.3 is 10.5 Å². The second kappa shape index (κ2) is 8.21. The number of hydrogen-bond acceptors (Lipinski definition) is 4. The van der Waals surface area contributed by atoms with Gasteiger partial charge in [0.15, 0.2) is 0 Å². The summed E-state index contributed by atoms with van der Waals surface area (Å²) >= 11 is 0. The van der Waals surface area contributed by atoms with Gasteiger partial charge in [0, 0.05) is 24.0 Å². The molecule has 1 saturated heterocycles. The molecule has 0 bridgehead atoms. The van der Waals surface area contributed by atoms with E-state index in [9.17, 15) is 4.79 Å². The van der Waals surface area contributed by atoms with E-state index >= 15 is 0 Å². The Balaban J connectivity index is 1.74. The Kier molecular flexibility index (Phi) is 5.49. The predicted molar refractivity (Wildman–Crippen MR) is 116 cm³/mol. The molecule has 2 heterocycles. The molecular formula is C24H27N3O2. The van der Waals surface area contributed by atoms with Crippen LogP contribution in [-0.2, 0) is 11.3 Å². The summed E-state index contributed by atoms with van der Waals surface area (Å²) in [5, 5.41) is 1.13. The van der Waals surface area contributed by atoms with E-state index in [0.717, 1.165) is 59.4 Å². The summed E-state index contributed by atoms with van der Waals surface area (Å²) in [4.78, 5) is 19.0. The number of piperidine rings is 1. The maximum atomic E-state index is 11.7. The molecule has 5 nitrogen and oxygen atoms in total. The normalized spacial score (nSPS) is 17.4. The molecule has 29 heavy (non-hydrogen) atoms. The van der Waals surface area contributed by atoms with Crippen molar-refractivity contribution >= 4 is 16.8 Å². The summed E-state index contributed by atoms with van der Waals surface area (Å²) in [6.45, 7) is 4.52. The van der Waals surface area contributed by atoms with Crippen molar-refractivity contribution in [2.24, 2.45) is 11.7 Å². The number of fused-ring (bicyclic) bond motifs is 1. The van der Waals surface area contributed by atoms with E-state index in [0.29, 0.717) is 6.54 Å². The first-order valence-electron chi connectivity index (χ1n) is 10.1. The summed E-state index contributed by atoms with van der Waals surface area (Å²) in [6.07, 6.45) is 1.87. The molecule has 1 aliphatic rings.